The second-order valence-electron chi connectivity index (χ2n) is 6.40. The van der Waals surface area contributed by atoms with E-state index in [1.54, 1.807) is 0 Å². The minimum atomic E-state index is -3.27. The van der Waals surface area contributed by atoms with E-state index in [9.17, 15) is 9.36 Å². The van der Waals surface area contributed by atoms with Crippen LogP contribution in [-0.2, 0) is 22.8 Å². The minimum Gasteiger partial charge on any atom is -0.417 e. The van der Waals surface area contributed by atoms with Crippen molar-refractivity contribution in [2.75, 3.05) is 27.0 Å². The molecule has 7 heteroatoms. The molecule has 0 fully saturated rings. The summed E-state index contributed by atoms with van der Waals surface area (Å²) in [4.78, 5) is 12.2. The third kappa shape index (κ3) is 7.61. The van der Waals surface area contributed by atoms with Crippen molar-refractivity contribution in [1.82, 2.24) is 0 Å². The Bertz CT molecular complexity index is 382. The van der Waals surface area contributed by atoms with E-state index in [0.717, 1.165) is 24.6 Å². The molecule has 0 rings (SSSR count). The molecule has 0 aliphatic carbocycles. The number of rotatable bonds is 13. The van der Waals surface area contributed by atoms with Crippen LogP contribution in [0, 0.1) is 11.8 Å². The summed E-state index contributed by atoms with van der Waals surface area (Å²) in [5.74, 6) is 0.0528. The van der Waals surface area contributed by atoms with E-state index < -0.39 is 15.9 Å². The quantitative estimate of drug-likeness (QED) is 0.348. The van der Waals surface area contributed by atoms with E-state index in [2.05, 4.69) is 27.7 Å². The van der Waals surface area contributed by atoms with Gasteiger partial charge in [0, 0.05) is 26.7 Å². The number of ketones is 1. The molecule has 0 aromatic carbocycles. The summed E-state index contributed by atoms with van der Waals surface area (Å²) < 4.78 is 28.0. The molecule has 0 aliphatic heterocycles. The van der Waals surface area contributed by atoms with Crippen LogP contribution >= 0.6 is 7.60 Å². The Labute approximate surface area is 143 Å². The molecule has 0 aromatic heterocycles. The summed E-state index contributed by atoms with van der Waals surface area (Å²) in [5.41, 5.74) is 0. The van der Waals surface area contributed by atoms with Crippen molar-refractivity contribution >= 4 is 21.7 Å². The van der Waals surface area contributed by atoms with E-state index in [0.29, 0.717) is 12.5 Å². The van der Waals surface area contributed by atoms with Gasteiger partial charge in [-0.2, -0.15) is 0 Å². The van der Waals surface area contributed by atoms with Gasteiger partial charge in [-0.15, -0.1) is 0 Å². The monoisotopic (exact) mass is 366 g/mol. The molecule has 0 bridgehead atoms. The number of hydrogen-bond acceptors (Lipinski definition) is 5. The Morgan fingerprint density at radius 1 is 1.04 bits per heavy atom. The van der Waals surface area contributed by atoms with Gasteiger partial charge in [-0.05, 0) is 30.5 Å². The number of Topliss-reactive ketones (excluding diaryl/α,β-unsaturated/α-hetero) is 1. The molecule has 0 heterocycles. The first kappa shape index (κ1) is 23.0. The third-order valence-electron chi connectivity index (χ3n) is 4.82. The lowest BCUT2D eigenvalue weighted by molar-refractivity contribution is -0.120. The van der Waals surface area contributed by atoms with Crippen LogP contribution < -0.4 is 0 Å². The lowest BCUT2D eigenvalue weighted by atomic mass is 9.95. The molecule has 0 aliphatic rings. The number of hydrogen-bond donors (Lipinski definition) is 0. The Morgan fingerprint density at radius 3 is 1.91 bits per heavy atom. The van der Waals surface area contributed by atoms with Crippen LogP contribution in [0.2, 0.25) is 18.1 Å². The van der Waals surface area contributed by atoms with Crippen LogP contribution in [0.1, 0.15) is 41.0 Å². The van der Waals surface area contributed by atoms with Crippen LogP contribution in [0.3, 0.4) is 0 Å². The van der Waals surface area contributed by atoms with E-state index >= 15 is 0 Å². The summed E-state index contributed by atoms with van der Waals surface area (Å²) in [7, 11) is -2.23. The first-order valence-electron chi connectivity index (χ1n) is 8.58. The second kappa shape index (κ2) is 10.8. The molecule has 5 nitrogen and oxygen atoms in total. The van der Waals surface area contributed by atoms with Crippen molar-refractivity contribution in [2.45, 2.75) is 59.2 Å². The molecule has 0 radical (unpaired) electrons. The summed E-state index contributed by atoms with van der Waals surface area (Å²) in [6.45, 7) is 11.3. The van der Waals surface area contributed by atoms with E-state index in [1.807, 2.05) is 6.92 Å². The maximum atomic E-state index is 12.2. The molecule has 0 spiro atoms. The fraction of sp³-hybridized carbons (Fsp3) is 0.938. The highest BCUT2D eigenvalue weighted by atomic mass is 31.2. The predicted molar refractivity (Wildman–Crippen MR) is 97.6 cm³/mol. The van der Waals surface area contributed by atoms with Crippen molar-refractivity contribution in [1.29, 1.82) is 0 Å². The fourth-order valence-corrected chi connectivity index (χ4v) is 6.58. The molecule has 0 unspecified atom stereocenters. The van der Waals surface area contributed by atoms with Crippen LogP contribution in [0.25, 0.3) is 0 Å². The molecule has 0 saturated heterocycles. The summed E-state index contributed by atoms with van der Waals surface area (Å²) in [6.07, 6.45) is 0.570. The third-order valence-corrected chi connectivity index (χ3v) is 11.3. The molecular weight excluding hydrogens is 331 g/mol. The van der Waals surface area contributed by atoms with Gasteiger partial charge in [-0.25, -0.2) is 0 Å². The second-order valence-corrected chi connectivity index (χ2v) is 13.4. The summed E-state index contributed by atoms with van der Waals surface area (Å²) in [5, 5.41) is 0. The van der Waals surface area contributed by atoms with Crippen molar-refractivity contribution in [3.63, 3.8) is 0 Å². The van der Waals surface area contributed by atoms with E-state index in [4.69, 9.17) is 13.5 Å². The summed E-state index contributed by atoms with van der Waals surface area (Å²) in [6, 6.07) is 3.39. The zero-order valence-corrected chi connectivity index (χ0v) is 17.8. The Hall–Kier alpha value is -0.00312. The maximum Gasteiger partial charge on any atom is 0.337 e. The lowest BCUT2D eigenvalue weighted by Crippen LogP contribution is -2.37. The smallest absolute Gasteiger partial charge is 0.337 e. The molecular formula is C16H35O5PSi. The molecule has 0 saturated carbocycles. The minimum absolute atomic E-state index is 0.0751. The Kier molecular flexibility index (Phi) is 10.8. The van der Waals surface area contributed by atoms with Gasteiger partial charge in [0.1, 0.15) is 11.9 Å². The maximum absolute atomic E-state index is 12.2. The average molecular weight is 367 g/mol. The predicted octanol–water partition coefficient (Wildman–Crippen LogP) is 4.73. The summed E-state index contributed by atoms with van der Waals surface area (Å²) >= 11 is 0. The van der Waals surface area contributed by atoms with Gasteiger partial charge in [-0.3, -0.25) is 9.36 Å². The van der Waals surface area contributed by atoms with Gasteiger partial charge in [0.05, 0.1) is 0 Å². The Morgan fingerprint density at radius 2 is 1.52 bits per heavy atom. The average Bonchev–Trinajstić information content (AvgIpc) is 2.56. The van der Waals surface area contributed by atoms with Gasteiger partial charge >= 0.3 is 7.60 Å². The van der Waals surface area contributed by atoms with Crippen LogP contribution in [0.4, 0.5) is 0 Å². The molecule has 0 amide bonds. The van der Waals surface area contributed by atoms with Crippen LogP contribution in [-0.4, -0.2) is 41.1 Å². The number of carbonyl (C=O) groups is 1. The highest BCUT2D eigenvalue weighted by molar-refractivity contribution is 7.54. The topological polar surface area (TPSA) is 61.8 Å². The van der Waals surface area contributed by atoms with Crippen molar-refractivity contribution in [3.05, 3.63) is 0 Å². The SMILES string of the molecule is CC[Si](CC)(CC)OC[C@H](C)C[C@H](C)C(=O)CP(=O)(OC)OC. The van der Waals surface area contributed by atoms with Gasteiger partial charge in [0.2, 0.25) is 0 Å². The molecule has 138 valence electrons. The zero-order valence-electron chi connectivity index (χ0n) is 15.9. The van der Waals surface area contributed by atoms with Crippen molar-refractivity contribution < 1.29 is 22.8 Å². The zero-order chi connectivity index (χ0) is 18.1. The first-order chi connectivity index (χ1) is 10.7. The van der Waals surface area contributed by atoms with Crippen molar-refractivity contribution in [3.8, 4) is 0 Å². The van der Waals surface area contributed by atoms with Crippen LogP contribution in [0.5, 0.6) is 0 Å². The first-order valence-corrected chi connectivity index (χ1v) is 12.8. The molecule has 0 N–H and O–H groups in total. The molecule has 23 heavy (non-hydrogen) atoms. The Balaban J connectivity index is 4.47. The number of carbonyl (C=O) groups excluding carboxylic acids is 1. The van der Waals surface area contributed by atoms with E-state index in [-0.39, 0.29) is 17.9 Å². The van der Waals surface area contributed by atoms with Gasteiger partial charge < -0.3 is 13.5 Å². The van der Waals surface area contributed by atoms with Gasteiger partial charge in [0.25, 0.3) is 0 Å². The van der Waals surface area contributed by atoms with Gasteiger partial charge in [-0.1, -0.05) is 34.6 Å². The highest BCUT2D eigenvalue weighted by Crippen LogP contribution is 2.46. The molecule has 0 aromatic rings. The normalized spacial score (nSPS) is 15.4. The van der Waals surface area contributed by atoms with Crippen LogP contribution in [0.15, 0.2) is 0 Å². The van der Waals surface area contributed by atoms with E-state index in [1.165, 1.54) is 14.2 Å². The highest BCUT2D eigenvalue weighted by Gasteiger charge is 2.31. The van der Waals surface area contributed by atoms with Gasteiger partial charge in [0.15, 0.2) is 8.32 Å². The fourth-order valence-electron chi connectivity index (χ4n) is 2.73. The standard InChI is InChI=1S/C16H35O5PSi/c1-8-23(9-2,10-3)21-12-14(4)11-15(5)16(17)13-22(18,19-6)20-7/h14-15H,8-13H2,1-7H3/t14-,15+/m1/s1. The van der Waals surface area contributed by atoms with Crippen molar-refractivity contribution in [2.24, 2.45) is 11.8 Å². The largest absolute Gasteiger partial charge is 0.417 e. The lowest BCUT2D eigenvalue weighted by Gasteiger charge is -2.30. The molecule has 2 atom stereocenters.